The number of amides is 1. The number of aliphatic imine (C=N–C) groups is 1. The number of allylic oxidation sites excluding steroid dienone is 2. The molecular weight excluding hydrogens is 434 g/mol. The molecule has 2 heterocycles. The van der Waals surface area contributed by atoms with Crippen molar-refractivity contribution in [2.45, 2.75) is 27.3 Å². The molecule has 0 bridgehead atoms. The quantitative estimate of drug-likeness (QED) is 0.357. The number of carbonyl (C=O) groups excluding carboxylic acids is 1. The van der Waals surface area contributed by atoms with E-state index < -0.39 is 0 Å². The van der Waals surface area contributed by atoms with Gasteiger partial charge in [-0.3, -0.25) is 9.69 Å². The zero-order valence-corrected chi connectivity index (χ0v) is 20.9. The Morgan fingerprint density at radius 2 is 1.64 bits per heavy atom. The second-order valence-corrected chi connectivity index (χ2v) is 9.37. The second-order valence-electron chi connectivity index (χ2n) is 8.77. The van der Waals surface area contributed by atoms with Crippen molar-refractivity contribution in [1.82, 2.24) is 19.6 Å². The van der Waals surface area contributed by atoms with Gasteiger partial charge in [0.15, 0.2) is 0 Å². The van der Waals surface area contributed by atoms with Gasteiger partial charge < -0.3 is 14.7 Å². The van der Waals surface area contributed by atoms with E-state index in [4.69, 9.17) is 11.6 Å². The van der Waals surface area contributed by atoms with Gasteiger partial charge in [-0.1, -0.05) is 36.9 Å². The van der Waals surface area contributed by atoms with Crippen molar-refractivity contribution in [2.24, 2.45) is 4.99 Å². The summed E-state index contributed by atoms with van der Waals surface area (Å²) in [7, 11) is 0. The molecule has 0 radical (unpaired) electrons. The number of hydrogen-bond acceptors (Lipinski definition) is 4. The zero-order chi connectivity index (χ0) is 24.0. The average molecular weight is 470 g/mol. The van der Waals surface area contributed by atoms with Crippen molar-refractivity contribution in [2.75, 3.05) is 52.4 Å². The first kappa shape index (κ1) is 25.1. The van der Waals surface area contributed by atoms with Gasteiger partial charge in [-0.25, -0.2) is 4.99 Å². The zero-order valence-electron chi connectivity index (χ0n) is 20.2. The van der Waals surface area contributed by atoms with E-state index >= 15 is 0 Å². The maximum Gasteiger partial charge on any atom is 0.254 e. The SMILES string of the molecule is C=C/N=C(\C)N1CCN(Cc2ccc(C)c(C(=O)N3CCN(C(=C)/C=C(\C)Cl)CC3)c2)CC1. The summed E-state index contributed by atoms with van der Waals surface area (Å²) in [6, 6.07) is 6.30. The summed E-state index contributed by atoms with van der Waals surface area (Å²) in [6.45, 7) is 21.3. The van der Waals surface area contributed by atoms with Crippen molar-refractivity contribution in [3.05, 3.63) is 71.1 Å². The van der Waals surface area contributed by atoms with Gasteiger partial charge in [0.1, 0.15) is 5.84 Å². The molecule has 0 atom stereocenters. The summed E-state index contributed by atoms with van der Waals surface area (Å²) in [6.07, 6.45) is 3.47. The number of carbonyl (C=O) groups is 1. The summed E-state index contributed by atoms with van der Waals surface area (Å²) in [4.78, 5) is 26.5. The third-order valence-corrected chi connectivity index (χ3v) is 6.49. The highest BCUT2D eigenvalue weighted by Crippen LogP contribution is 2.19. The van der Waals surface area contributed by atoms with Gasteiger partial charge in [0.05, 0.1) is 0 Å². The second kappa shape index (κ2) is 11.5. The number of halogens is 1. The van der Waals surface area contributed by atoms with Crippen LogP contribution in [0.15, 0.2) is 59.4 Å². The predicted molar refractivity (Wildman–Crippen MR) is 138 cm³/mol. The molecule has 0 unspecified atom stereocenters. The first-order valence-electron chi connectivity index (χ1n) is 11.6. The molecule has 0 spiro atoms. The van der Waals surface area contributed by atoms with Crippen LogP contribution < -0.4 is 0 Å². The van der Waals surface area contributed by atoms with E-state index in [-0.39, 0.29) is 5.91 Å². The van der Waals surface area contributed by atoms with Crippen LogP contribution in [0.5, 0.6) is 0 Å². The Morgan fingerprint density at radius 1 is 1.03 bits per heavy atom. The fraction of sp³-hybridized carbons (Fsp3) is 0.462. The molecule has 0 aromatic heterocycles. The predicted octanol–water partition coefficient (Wildman–Crippen LogP) is 4.09. The topological polar surface area (TPSA) is 42.4 Å². The molecule has 2 aliphatic heterocycles. The fourth-order valence-electron chi connectivity index (χ4n) is 4.39. The Morgan fingerprint density at radius 3 is 2.24 bits per heavy atom. The van der Waals surface area contributed by atoms with Crippen molar-refractivity contribution >= 4 is 23.3 Å². The van der Waals surface area contributed by atoms with E-state index in [1.54, 1.807) is 6.20 Å². The first-order chi connectivity index (χ1) is 15.8. The molecule has 1 aromatic carbocycles. The number of rotatable bonds is 6. The molecule has 0 N–H and O–H groups in total. The van der Waals surface area contributed by atoms with Crippen LogP contribution in [-0.2, 0) is 6.54 Å². The molecule has 2 saturated heterocycles. The fourth-order valence-corrected chi connectivity index (χ4v) is 4.51. The van der Waals surface area contributed by atoms with Gasteiger partial charge in [0.25, 0.3) is 5.91 Å². The van der Waals surface area contributed by atoms with E-state index in [9.17, 15) is 4.79 Å². The van der Waals surface area contributed by atoms with E-state index in [0.717, 1.165) is 68.5 Å². The Hall–Kier alpha value is -2.57. The number of amidine groups is 1. The molecule has 2 aliphatic rings. The number of aryl methyl sites for hydroxylation is 1. The lowest BCUT2D eigenvalue weighted by Gasteiger charge is -2.37. The minimum atomic E-state index is 0.116. The number of piperazine rings is 2. The Bertz CT molecular complexity index is 934. The highest BCUT2D eigenvalue weighted by Gasteiger charge is 2.24. The maximum atomic E-state index is 13.3. The van der Waals surface area contributed by atoms with Gasteiger partial charge >= 0.3 is 0 Å². The minimum absolute atomic E-state index is 0.116. The van der Waals surface area contributed by atoms with E-state index in [0.29, 0.717) is 18.1 Å². The van der Waals surface area contributed by atoms with Crippen LogP contribution in [0.1, 0.15) is 35.3 Å². The molecule has 33 heavy (non-hydrogen) atoms. The summed E-state index contributed by atoms with van der Waals surface area (Å²) in [5.41, 5.74) is 3.92. The monoisotopic (exact) mass is 469 g/mol. The molecule has 178 valence electrons. The standard InChI is InChI=1S/C26H36ClN5O/c1-6-28-23(5)31-11-9-29(10-12-31)19-24-8-7-20(2)25(18-24)26(33)32-15-13-30(14-16-32)22(4)17-21(3)27/h6-8,17-18H,1,4,9-16,19H2,2-3,5H3/b21-17+,28-23+. The first-order valence-corrected chi connectivity index (χ1v) is 12.0. The molecule has 0 saturated carbocycles. The van der Waals surface area contributed by atoms with Gasteiger partial charge in [-0.05, 0) is 44.0 Å². The lowest BCUT2D eigenvalue weighted by atomic mass is 10.0. The van der Waals surface area contributed by atoms with Gasteiger partial charge in [-0.2, -0.15) is 0 Å². The van der Waals surface area contributed by atoms with Crippen LogP contribution in [0, 0.1) is 6.92 Å². The maximum absolute atomic E-state index is 13.3. The number of hydrogen-bond donors (Lipinski definition) is 0. The Labute approximate surface area is 203 Å². The van der Waals surface area contributed by atoms with E-state index in [1.807, 2.05) is 31.7 Å². The third-order valence-electron chi connectivity index (χ3n) is 6.39. The summed E-state index contributed by atoms with van der Waals surface area (Å²) in [5.74, 6) is 1.13. The van der Waals surface area contributed by atoms with Crippen molar-refractivity contribution in [3.63, 3.8) is 0 Å². The summed E-state index contributed by atoms with van der Waals surface area (Å²) < 4.78 is 0. The van der Waals surface area contributed by atoms with Crippen molar-refractivity contribution < 1.29 is 4.79 Å². The smallest absolute Gasteiger partial charge is 0.254 e. The van der Waals surface area contributed by atoms with Gasteiger partial charge in [-0.15, -0.1) is 0 Å². The lowest BCUT2D eigenvalue weighted by Crippen LogP contribution is -2.48. The minimum Gasteiger partial charge on any atom is -0.368 e. The molecule has 3 rings (SSSR count). The Kier molecular flexibility index (Phi) is 8.75. The third kappa shape index (κ3) is 6.71. The van der Waals surface area contributed by atoms with Crippen LogP contribution >= 0.6 is 11.6 Å². The normalized spacial score (nSPS) is 18.5. The lowest BCUT2D eigenvalue weighted by molar-refractivity contribution is 0.0672. The van der Waals surface area contributed by atoms with Crippen molar-refractivity contribution in [3.8, 4) is 0 Å². The van der Waals surface area contributed by atoms with Crippen molar-refractivity contribution in [1.29, 1.82) is 0 Å². The summed E-state index contributed by atoms with van der Waals surface area (Å²) in [5, 5.41) is 0.715. The molecule has 1 amide bonds. The van der Waals surface area contributed by atoms with Crippen LogP contribution in [0.4, 0.5) is 0 Å². The summed E-state index contributed by atoms with van der Waals surface area (Å²) >= 11 is 5.98. The van der Waals surface area contributed by atoms with Gasteiger partial charge in [0.2, 0.25) is 0 Å². The van der Waals surface area contributed by atoms with E-state index in [2.05, 4.69) is 51.0 Å². The molecule has 1 aromatic rings. The number of nitrogens with zero attached hydrogens (tertiary/aromatic N) is 5. The largest absolute Gasteiger partial charge is 0.368 e. The van der Waals surface area contributed by atoms with Crippen LogP contribution in [0.3, 0.4) is 0 Å². The highest BCUT2D eigenvalue weighted by molar-refractivity contribution is 6.29. The van der Waals surface area contributed by atoms with Crippen LogP contribution in [0.2, 0.25) is 0 Å². The molecule has 0 aliphatic carbocycles. The molecule has 2 fully saturated rings. The van der Waals surface area contributed by atoms with Crippen LogP contribution in [0.25, 0.3) is 0 Å². The molecular formula is C26H36ClN5O. The average Bonchev–Trinajstić information content (AvgIpc) is 2.80. The van der Waals surface area contributed by atoms with Crippen LogP contribution in [-0.4, -0.2) is 83.7 Å². The highest BCUT2D eigenvalue weighted by atomic mass is 35.5. The van der Waals surface area contributed by atoms with Gasteiger partial charge in [0, 0.05) is 81.4 Å². The molecule has 6 nitrogen and oxygen atoms in total. The number of benzene rings is 1. The van der Waals surface area contributed by atoms with E-state index in [1.165, 1.54) is 5.56 Å². The Balaban J connectivity index is 1.59. The molecule has 7 heteroatoms.